The summed E-state index contributed by atoms with van der Waals surface area (Å²) < 4.78 is 32.0. The van der Waals surface area contributed by atoms with Crippen LogP contribution in [-0.2, 0) is 24.3 Å². The van der Waals surface area contributed by atoms with Crippen molar-refractivity contribution in [1.82, 2.24) is 4.31 Å². The Morgan fingerprint density at radius 3 is 2.50 bits per heavy atom. The summed E-state index contributed by atoms with van der Waals surface area (Å²) in [5, 5.41) is 9.51. The van der Waals surface area contributed by atoms with Crippen molar-refractivity contribution in [3.05, 3.63) is 0 Å². The van der Waals surface area contributed by atoms with Gasteiger partial charge in [-0.25, -0.2) is 8.42 Å². The number of ether oxygens (including phenoxy) is 1. The van der Waals surface area contributed by atoms with Gasteiger partial charge in [-0.2, -0.15) is 4.31 Å². The number of rotatable bonds is 6. The zero-order valence-electron chi connectivity index (χ0n) is 13.9. The van der Waals surface area contributed by atoms with Gasteiger partial charge in [0.1, 0.15) is 6.04 Å². The first-order valence-electron chi connectivity index (χ1n) is 8.59. The summed E-state index contributed by atoms with van der Waals surface area (Å²) in [7, 11) is -2.44. The molecule has 3 aliphatic rings. The van der Waals surface area contributed by atoms with Gasteiger partial charge in [0.25, 0.3) is 0 Å². The van der Waals surface area contributed by atoms with Gasteiger partial charge in [0.05, 0.1) is 19.3 Å². The number of aliphatic carboxylic acids is 1. The number of carbonyl (C=O) groups is 2. The van der Waals surface area contributed by atoms with Gasteiger partial charge >= 0.3 is 11.9 Å². The highest BCUT2D eigenvalue weighted by molar-refractivity contribution is 7.89. The Bertz CT molecular complexity index is 626. The van der Waals surface area contributed by atoms with Gasteiger partial charge in [0.15, 0.2) is 0 Å². The number of carboxylic acid groups (broad SMARTS) is 1. The van der Waals surface area contributed by atoms with Crippen LogP contribution in [0.15, 0.2) is 0 Å². The highest BCUT2D eigenvalue weighted by atomic mass is 32.2. The average Bonchev–Trinajstić information content (AvgIpc) is 3.12. The molecule has 1 heterocycles. The van der Waals surface area contributed by atoms with Gasteiger partial charge in [-0.3, -0.25) is 9.59 Å². The number of carboxylic acids is 1. The Morgan fingerprint density at radius 2 is 1.92 bits per heavy atom. The Morgan fingerprint density at radius 1 is 1.25 bits per heavy atom. The SMILES string of the molecule is COC(=O)CC1(CS(=O)(=O)N2C(C(=O)O)CC3CCCCC32)CC1. The largest absolute Gasteiger partial charge is 0.480 e. The van der Waals surface area contributed by atoms with E-state index in [9.17, 15) is 23.1 Å². The third-order valence-corrected chi connectivity index (χ3v) is 7.97. The Balaban J connectivity index is 1.81. The first kappa shape index (κ1) is 17.7. The molecule has 0 radical (unpaired) electrons. The zero-order chi connectivity index (χ0) is 17.5. The molecule has 0 aromatic carbocycles. The lowest BCUT2D eigenvalue weighted by molar-refractivity contribution is -0.142. The van der Waals surface area contributed by atoms with E-state index in [-0.39, 0.29) is 24.1 Å². The number of methoxy groups -OCH3 is 1. The second kappa shape index (κ2) is 6.29. The second-order valence-electron chi connectivity index (χ2n) is 7.54. The molecule has 8 heteroatoms. The minimum Gasteiger partial charge on any atom is -0.480 e. The molecule has 1 aliphatic heterocycles. The maximum Gasteiger partial charge on any atom is 0.322 e. The van der Waals surface area contributed by atoms with Crippen molar-refractivity contribution in [2.75, 3.05) is 12.9 Å². The fraction of sp³-hybridized carbons (Fsp3) is 0.875. The highest BCUT2D eigenvalue weighted by Crippen LogP contribution is 2.52. The summed E-state index contributed by atoms with van der Waals surface area (Å²) in [6.07, 6.45) is 5.43. The molecule has 1 N–H and O–H groups in total. The number of fused-ring (bicyclic) bond motifs is 1. The van der Waals surface area contributed by atoms with Crippen LogP contribution in [0.5, 0.6) is 0 Å². The Labute approximate surface area is 142 Å². The minimum absolute atomic E-state index is 0.0857. The summed E-state index contributed by atoms with van der Waals surface area (Å²) in [6.45, 7) is 0. The smallest absolute Gasteiger partial charge is 0.322 e. The van der Waals surface area contributed by atoms with Gasteiger partial charge in [-0.15, -0.1) is 0 Å². The van der Waals surface area contributed by atoms with Crippen molar-refractivity contribution in [2.24, 2.45) is 11.3 Å². The van der Waals surface area contributed by atoms with Crippen molar-refractivity contribution in [1.29, 1.82) is 0 Å². The molecule has 0 amide bonds. The molecule has 1 saturated heterocycles. The molecule has 3 fully saturated rings. The van der Waals surface area contributed by atoms with Crippen LogP contribution >= 0.6 is 0 Å². The fourth-order valence-corrected chi connectivity index (χ4v) is 6.99. The lowest BCUT2D eigenvalue weighted by Gasteiger charge is -2.33. The van der Waals surface area contributed by atoms with Crippen molar-refractivity contribution in [3.8, 4) is 0 Å². The van der Waals surface area contributed by atoms with Crippen LogP contribution in [0.3, 0.4) is 0 Å². The van der Waals surface area contributed by atoms with Crippen molar-refractivity contribution in [3.63, 3.8) is 0 Å². The summed E-state index contributed by atoms with van der Waals surface area (Å²) in [6, 6.07) is -1.16. The van der Waals surface area contributed by atoms with Crippen molar-refractivity contribution in [2.45, 2.75) is 63.5 Å². The van der Waals surface area contributed by atoms with Gasteiger partial charge in [-0.05, 0) is 43.4 Å². The molecular formula is C16H25NO6S. The predicted octanol–water partition coefficient (Wildman–Crippen LogP) is 1.38. The van der Waals surface area contributed by atoms with Crippen LogP contribution in [0.2, 0.25) is 0 Å². The molecule has 7 nitrogen and oxygen atoms in total. The lowest BCUT2D eigenvalue weighted by atomic mass is 9.85. The number of hydrogen-bond acceptors (Lipinski definition) is 5. The molecular weight excluding hydrogens is 334 g/mol. The first-order valence-corrected chi connectivity index (χ1v) is 10.2. The molecule has 0 aromatic rings. The summed E-state index contributed by atoms with van der Waals surface area (Å²) >= 11 is 0. The molecule has 0 spiro atoms. The van der Waals surface area contributed by atoms with E-state index in [0.29, 0.717) is 19.3 Å². The quantitative estimate of drug-likeness (QED) is 0.719. The summed E-state index contributed by atoms with van der Waals surface area (Å²) in [5.41, 5.74) is -0.568. The van der Waals surface area contributed by atoms with Crippen LogP contribution in [0.25, 0.3) is 0 Å². The van der Waals surface area contributed by atoms with E-state index in [1.165, 1.54) is 11.4 Å². The van der Waals surface area contributed by atoms with Crippen LogP contribution in [0, 0.1) is 11.3 Å². The number of esters is 1. The summed E-state index contributed by atoms with van der Waals surface area (Å²) in [4.78, 5) is 23.2. The number of sulfonamides is 1. The number of nitrogens with zero attached hydrogens (tertiary/aromatic N) is 1. The summed E-state index contributed by atoms with van der Waals surface area (Å²) in [5.74, 6) is -1.48. The maximum absolute atomic E-state index is 13.0. The van der Waals surface area contributed by atoms with E-state index in [1.54, 1.807) is 0 Å². The number of hydrogen-bond donors (Lipinski definition) is 1. The fourth-order valence-electron chi connectivity index (χ4n) is 4.42. The van der Waals surface area contributed by atoms with E-state index in [4.69, 9.17) is 0 Å². The second-order valence-corrected chi connectivity index (χ2v) is 9.41. The van der Waals surface area contributed by atoms with E-state index in [0.717, 1.165) is 25.7 Å². The molecule has 24 heavy (non-hydrogen) atoms. The van der Waals surface area contributed by atoms with Crippen LogP contribution in [0.1, 0.15) is 51.4 Å². The van der Waals surface area contributed by atoms with Crippen molar-refractivity contribution >= 4 is 22.0 Å². The molecule has 0 bridgehead atoms. The third kappa shape index (κ3) is 3.31. The van der Waals surface area contributed by atoms with Crippen LogP contribution in [-0.4, -0.2) is 54.7 Å². The van der Waals surface area contributed by atoms with Gasteiger partial charge in [-0.1, -0.05) is 12.8 Å². The average molecular weight is 359 g/mol. The normalized spacial score (nSPS) is 32.1. The Hall–Kier alpha value is -1.15. The molecule has 2 aliphatic carbocycles. The molecule has 0 aromatic heterocycles. The van der Waals surface area contributed by atoms with E-state index in [2.05, 4.69) is 4.74 Å². The van der Waals surface area contributed by atoms with Gasteiger partial charge in [0.2, 0.25) is 10.0 Å². The highest BCUT2D eigenvalue weighted by Gasteiger charge is 2.55. The monoisotopic (exact) mass is 359 g/mol. The standard InChI is InChI=1S/C16H25NO6S/c1-23-14(18)9-16(6-7-16)10-24(21,22)17-12-5-3-2-4-11(12)8-13(17)15(19)20/h11-13H,2-10H2,1H3,(H,19,20). The topological polar surface area (TPSA) is 101 Å². The predicted molar refractivity (Wildman–Crippen MR) is 85.7 cm³/mol. The van der Waals surface area contributed by atoms with E-state index >= 15 is 0 Å². The van der Waals surface area contributed by atoms with E-state index in [1.807, 2.05) is 0 Å². The van der Waals surface area contributed by atoms with E-state index < -0.39 is 33.4 Å². The van der Waals surface area contributed by atoms with Crippen LogP contribution in [0.4, 0.5) is 0 Å². The first-order chi connectivity index (χ1) is 11.3. The molecule has 3 unspecified atom stereocenters. The minimum atomic E-state index is -3.73. The molecule has 3 atom stereocenters. The Kier molecular flexibility index (Phi) is 4.63. The lowest BCUT2D eigenvalue weighted by Crippen LogP contribution is -2.48. The van der Waals surface area contributed by atoms with Crippen LogP contribution < -0.4 is 0 Å². The maximum atomic E-state index is 13.0. The van der Waals surface area contributed by atoms with Gasteiger partial charge < -0.3 is 9.84 Å². The molecule has 136 valence electrons. The third-order valence-electron chi connectivity index (χ3n) is 5.83. The molecule has 2 saturated carbocycles. The zero-order valence-corrected chi connectivity index (χ0v) is 14.8. The molecule has 3 rings (SSSR count). The number of carbonyl (C=O) groups excluding carboxylic acids is 1. The van der Waals surface area contributed by atoms with Gasteiger partial charge in [0, 0.05) is 6.04 Å². The van der Waals surface area contributed by atoms with Crippen molar-refractivity contribution < 1.29 is 27.9 Å².